The predicted octanol–water partition coefficient (Wildman–Crippen LogP) is 4.44. The zero-order valence-corrected chi connectivity index (χ0v) is 13.4. The molecule has 0 spiro atoms. The Morgan fingerprint density at radius 1 is 0.545 bits per heavy atom. The van der Waals surface area contributed by atoms with Crippen molar-refractivity contribution in [3.05, 3.63) is 65.2 Å². The van der Waals surface area contributed by atoms with Gasteiger partial charge in [-0.2, -0.15) is 0 Å². The first-order valence-corrected chi connectivity index (χ1v) is 7.41. The highest BCUT2D eigenvalue weighted by atomic mass is 14.8. The summed E-state index contributed by atoms with van der Waals surface area (Å²) in [6, 6.07) is 14.3. The van der Waals surface area contributed by atoms with Gasteiger partial charge in [0.25, 0.3) is 0 Å². The van der Waals surface area contributed by atoms with E-state index in [1.807, 2.05) is 58.0 Å². The highest BCUT2D eigenvalue weighted by Crippen LogP contribution is 2.25. The van der Waals surface area contributed by atoms with Gasteiger partial charge >= 0.3 is 0 Å². The zero-order valence-electron chi connectivity index (χ0n) is 13.4. The van der Waals surface area contributed by atoms with Crippen molar-refractivity contribution in [1.82, 2.24) is 15.0 Å². The largest absolute Gasteiger partial charge is 0.258 e. The molecule has 0 fully saturated rings. The molecule has 0 unspecified atom stereocenters. The van der Waals surface area contributed by atoms with Crippen LogP contribution in [0.2, 0.25) is 0 Å². The van der Waals surface area contributed by atoms with Crippen molar-refractivity contribution < 1.29 is 0 Å². The Labute approximate surface area is 131 Å². The number of pyridine rings is 3. The maximum absolute atomic E-state index is 4.81. The molecule has 0 radical (unpaired) electrons. The summed E-state index contributed by atoms with van der Waals surface area (Å²) in [5, 5.41) is 0. The van der Waals surface area contributed by atoms with E-state index in [0.29, 0.717) is 0 Å². The molecule has 0 bridgehead atoms. The molecule has 0 aliphatic rings. The molecule has 0 aromatic carbocycles. The first-order valence-electron chi connectivity index (χ1n) is 7.41. The van der Waals surface area contributed by atoms with Gasteiger partial charge in [0.15, 0.2) is 0 Å². The van der Waals surface area contributed by atoms with Gasteiger partial charge in [0.1, 0.15) is 0 Å². The van der Waals surface area contributed by atoms with Crippen LogP contribution in [0.5, 0.6) is 0 Å². The second kappa shape index (κ2) is 5.68. The van der Waals surface area contributed by atoms with Gasteiger partial charge in [-0.05, 0) is 64.1 Å². The molecule has 0 aliphatic heterocycles. The molecule has 110 valence electrons. The summed E-state index contributed by atoms with van der Waals surface area (Å²) in [7, 11) is 0. The topological polar surface area (TPSA) is 38.7 Å². The van der Waals surface area contributed by atoms with Crippen molar-refractivity contribution in [2.45, 2.75) is 27.7 Å². The molecule has 3 heteroatoms. The van der Waals surface area contributed by atoms with Crippen LogP contribution in [-0.2, 0) is 0 Å². The minimum Gasteiger partial charge on any atom is -0.258 e. The average molecular weight is 289 g/mol. The van der Waals surface area contributed by atoms with Crippen molar-refractivity contribution in [1.29, 1.82) is 0 Å². The Balaban J connectivity index is 2.10. The van der Waals surface area contributed by atoms with Crippen LogP contribution in [0.15, 0.2) is 42.5 Å². The number of hydrogen-bond donors (Lipinski definition) is 0. The summed E-state index contributed by atoms with van der Waals surface area (Å²) < 4.78 is 0. The van der Waals surface area contributed by atoms with E-state index in [-0.39, 0.29) is 0 Å². The Morgan fingerprint density at radius 3 is 1.41 bits per heavy atom. The molecular formula is C19H19N3. The number of rotatable bonds is 2. The summed E-state index contributed by atoms with van der Waals surface area (Å²) in [6.07, 6.45) is 0. The van der Waals surface area contributed by atoms with Gasteiger partial charge in [-0.3, -0.25) is 9.97 Å². The molecule has 3 heterocycles. The summed E-state index contributed by atoms with van der Waals surface area (Å²) in [4.78, 5) is 13.9. The Kier molecular flexibility index (Phi) is 3.72. The molecule has 0 amide bonds. The van der Waals surface area contributed by atoms with Gasteiger partial charge in [0.2, 0.25) is 0 Å². The van der Waals surface area contributed by atoms with Crippen molar-refractivity contribution >= 4 is 0 Å². The lowest BCUT2D eigenvalue weighted by atomic mass is 10.1. The SMILES string of the molecule is Cc1ccc(-c2cccc(-c3ccc(C)nc3C)n2)c(C)n1. The second-order valence-electron chi connectivity index (χ2n) is 5.58. The van der Waals surface area contributed by atoms with Crippen LogP contribution in [0.3, 0.4) is 0 Å². The van der Waals surface area contributed by atoms with E-state index < -0.39 is 0 Å². The van der Waals surface area contributed by atoms with Crippen LogP contribution in [0.25, 0.3) is 22.5 Å². The van der Waals surface area contributed by atoms with E-state index in [4.69, 9.17) is 4.98 Å². The van der Waals surface area contributed by atoms with Crippen LogP contribution >= 0.6 is 0 Å². The third kappa shape index (κ3) is 2.75. The molecule has 0 saturated heterocycles. The van der Waals surface area contributed by atoms with Crippen LogP contribution < -0.4 is 0 Å². The fourth-order valence-corrected chi connectivity index (χ4v) is 2.65. The lowest BCUT2D eigenvalue weighted by Gasteiger charge is -2.09. The standard InChI is InChI=1S/C19H19N3/c1-12-8-10-16(14(3)20-12)18-6-5-7-19(22-18)17-11-9-13(2)21-15(17)4/h5-11H,1-4H3. The molecule has 0 aliphatic carbocycles. The van der Waals surface area contributed by atoms with Crippen molar-refractivity contribution in [2.75, 3.05) is 0 Å². The van der Waals surface area contributed by atoms with E-state index >= 15 is 0 Å². The fourth-order valence-electron chi connectivity index (χ4n) is 2.65. The van der Waals surface area contributed by atoms with Crippen LogP contribution in [0, 0.1) is 27.7 Å². The molecule has 3 aromatic heterocycles. The number of aromatic nitrogens is 3. The predicted molar refractivity (Wildman–Crippen MR) is 89.6 cm³/mol. The van der Waals surface area contributed by atoms with E-state index in [9.17, 15) is 0 Å². The molecule has 3 nitrogen and oxygen atoms in total. The van der Waals surface area contributed by atoms with Crippen LogP contribution in [-0.4, -0.2) is 15.0 Å². The molecule has 0 N–H and O–H groups in total. The van der Waals surface area contributed by atoms with Gasteiger partial charge in [-0.15, -0.1) is 0 Å². The van der Waals surface area contributed by atoms with Crippen LogP contribution in [0.1, 0.15) is 22.8 Å². The van der Waals surface area contributed by atoms with E-state index in [2.05, 4.69) is 22.1 Å². The molecule has 3 aromatic rings. The summed E-state index contributed by atoms with van der Waals surface area (Å²) >= 11 is 0. The summed E-state index contributed by atoms with van der Waals surface area (Å²) in [6.45, 7) is 8.05. The third-order valence-corrected chi connectivity index (χ3v) is 3.75. The lowest BCUT2D eigenvalue weighted by Crippen LogP contribution is -1.96. The molecule has 0 atom stereocenters. The maximum atomic E-state index is 4.81. The van der Waals surface area contributed by atoms with Gasteiger partial charge in [0, 0.05) is 33.9 Å². The average Bonchev–Trinajstić information content (AvgIpc) is 2.47. The highest BCUT2D eigenvalue weighted by molar-refractivity contribution is 5.68. The molecular weight excluding hydrogens is 270 g/mol. The number of nitrogens with zero attached hydrogens (tertiary/aromatic N) is 3. The minimum absolute atomic E-state index is 0.947. The summed E-state index contributed by atoms with van der Waals surface area (Å²) in [5.41, 5.74) is 8.10. The van der Waals surface area contributed by atoms with Gasteiger partial charge in [-0.25, -0.2) is 4.98 Å². The van der Waals surface area contributed by atoms with E-state index in [1.54, 1.807) is 0 Å². The first kappa shape index (κ1) is 14.4. The van der Waals surface area contributed by atoms with Crippen molar-refractivity contribution in [3.8, 4) is 22.5 Å². The fraction of sp³-hybridized carbons (Fsp3) is 0.211. The zero-order chi connectivity index (χ0) is 15.7. The second-order valence-corrected chi connectivity index (χ2v) is 5.58. The molecule has 3 rings (SSSR count). The Bertz CT molecular complexity index is 771. The number of hydrogen-bond acceptors (Lipinski definition) is 3. The van der Waals surface area contributed by atoms with Gasteiger partial charge in [-0.1, -0.05) is 6.07 Å². The Hall–Kier alpha value is -2.55. The first-order chi connectivity index (χ1) is 10.5. The van der Waals surface area contributed by atoms with Gasteiger partial charge in [0.05, 0.1) is 11.4 Å². The Morgan fingerprint density at radius 2 is 1.00 bits per heavy atom. The molecule has 0 saturated carbocycles. The smallest absolute Gasteiger partial charge is 0.0727 e. The highest BCUT2D eigenvalue weighted by Gasteiger charge is 2.09. The van der Waals surface area contributed by atoms with Crippen molar-refractivity contribution in [3.63, 3.8) is 0 Å². The number of aryl methyl sites for hydroxylation is 4. The quantitative estimate of drug-likeness (QED) is 0.700. The normalized spacial score (nSPS) is 10.7. The van der Waals surface area contributed by atoms with Crippen LogP contribution in [0.4, 0.5) is 0 Å². The molecule has 22 heavy (non-hydrogen) atoms. The van der Waals surface area contributed by atoms with Gasteiger partial charge < -0.3 is 0 Å². The maximum Gasteiger partial charge on any atom is 0.0727 e. The summed E-state index contributed by atoms with van der Waals surface area (Å²) in [5.74, 6) is 0. The monoisotopic (exact) mass is 289 g/mol. The van der Waals surface area contributed by atoms with E-state index in [0.717, 1.165) is 45.3 Å². The van der Waals surface area contributed by atoms with Crippen molar-refractivity contribution in [2.24, 2.45) is 0 Å². The minimum atomic E-state index is 0.947. The lowest BCUT2D eigenvalue weighted by molar-refractivity contribution is 1.11. The third-order valence-electron chi connectivity index (χ3n) is 3.75. The van der Waals surface area contributed by atoms with E-state index in [1.165, 1.54) is 0 Å².